The van der Waals surface area contributed by atoms with Gasteiger partial charge in [-0.05, 0) is 61.3 Å². The van der Waals surface area contributed by atoms with Crippen LogP contribution in [-0.4, -0.2) is 18.2 Å². The van der Waals surface area contributed by atoms with Crippen LogP contribution in [0.4, 0.5) is 0 Å². The summed E-state index contributed by atoms with van der Waals surface area (Å²) in [4.78, 5) is 11.0. The predicted octanol–water partition coefficient (Wildman–Crippen LogP) is 3.28. The van der Waals surface area contributed by atoms with Crippen LogP contribution in [-0.2, 0) is 4.79 Å². The number of rotatable bonds is 5. The van der Waals surface area contributed by atoms with Crippen LogP contribution in [0.5, 0.6) is 5.75 Å². The van der Waals surface area contributed by atoms with Crippen molar-refractivity contribution >= 4 is 5.97 Å². The maximum absolute atomic E-state index is 11.0. The molecule has 3 heteroatoms. The van der Waals surface area contributed by atoms with Gasteiger partial charge in [0.2, 0.25) is 0 Å². The van der Waals surface area contributed by atoms with Gasteiger partial charge in [-0.15, -0.1) is 0 Å². The van der Waals surface area contributed by atoms with Crippen LogP contribution in [0.1, 0.15) is 41.9 Å². The number of aryl methyl sites for hydroxylation is 2. The van der Waals surface area contributed by atoms with Gasteiger partial charge in [0.1, 0.15) is 5.75 Å². The maximum atomic E-state index is 11.0. The number of ether oxygens (including phenoxy) is 1. The minimum atomic E-state index is -0.709. The lowest BCUT2D eigenvalue weighted by Gasteiger charge is -2.19. The van der Waals surface area contributed by atoms with Crippen molar-refractivity contribution < 1.29 is 14.6 Å². The van der Waals surface area contributed by atoms with Gasteiger partial charge >= 0.3 is 5.97 Å². The van der Waals surface area contributed by atoms with E-state index in [1.165, 1.54) is 5.56 Å². The normalized spacial score (nSPS) is 16.4. The van der Waals surface area contributed by atoms with Crippen molar-refractivity contribution in [2.45, 2.75) is 39.0 Å². The minimum absolute atomic E-state index is 0.159. The molecule has 1 N–H and O–H groups in total. The molecule has 0 saturated heterocycles. The van der Waals surface area contributed by atoms with Gasteiger partial charge in [0.05, 0.1) is 13.5 Å². The van der Waals surface area contributed by atoms with Crippen LogP contribution in [0.3, 0.4) is 0 Å². The number of carbonyl (C=O) groups is 1. The average Bonchev–Trinajstić information content (AvgIpc) is 3.12. The lowest BCUT2D eigenvalue weighted by atomic mass is 9.87. The summed E-state index contributed by atoms with van der Waals surface area (Å²) in [5.74, 6) is 0.876. The van der Waals surface area contributed by atoms with Gasteiger partial charge in [-0.1, -0.05) is 6.07 Å². The first kappa shape index (κ1) is 12.9. The Morgan fingerprint density at radius 3 is 2.56 bits per heavy atom. The molecular weight excluding hydrogens is 228 g/mol. The quantitative estimate of drug-likeness (QED) is 0.869. The average molecular weight is 248 g/mol. The molecule has 1 aromatic rings. The van der Waals surface area contributed by atoms with Crippen LogP contribution in [0.15, 0.2) is 12.1 Å². The van der Waals surface area contributed by atoms with E-state index >= 15 is 0 Å². The van der Waals surface area contributed by atoms with E-state index in [1.807, 2.05) is 19.9 Å². The first-order valence-electron chi connectivity index (χ1n) is 6.40. The Balaban J connectivity index is 2.35. The topological polar surface area (TPSA) is 46.5 Å². The molecule has 1 saturated carbocycles. The molecule has 0 amide bonds. The molecule has 0 aromatic heterocycles. The Labute approximate surface area is 108 Å². The molecular formula is C15H20O3. The number of hydrogen-bond donors (Lipinski definition) is 1. The van der Waals surface area contributed by atoms with Crippen molar-refractivity contribution in [1.82, 2.24) is 0 Å². The predicted molar refractivity (Wildman–Crippen MR) is 70.2 cm³/mol. The highest BCUT2D eigenvalue weighted by Gasteiger charge is 2.34. The van der Waals surface area contributed by atoms with Gasteiger partial charge in [-0.25, -0.2) is 0 Å². The second kappa shape index (κ2) is 5.01. The zero-order valence-electron chi connectivity index (χ0n) is 11.2. The second-order valence-electron chi connectivity index (χ2n) is 5.22. The summed E-state index contributed by atoms with van der Waals surface area (Å²) in [6.45, 7) is 4.04. The third-order valence-corrected chi connectivity index (χ3v) is 3.77. The molecule has 1 aliphatic carbocycles. The first-order chi connectivity index (χ1) is 8.52. The molecule has 1 aliphatic rings. The molecule has 0 aliphatic heterocycles. The van der Waals surface area contributed by atoms with E-state index < -0.39 is 5.97 Å². The number of benzene rings is 1. The Bertz CT molecular complexity index is 461. The van der Waals surface area contributed by atoms with E-state index in [9.17, 15) is 4.79 Å². The molecule has 0 radical (unpaired) electrons. The summed E-state index contributed by atoms with van der Waals surface area (Å²) in [6.07, 6.45) is 2.54. The van der Waals surface area contributed by atoms with Crippen LogP contribution >= 0.6 is 0 Å². The fourth-order valence-electron chi connectivity index (χ4n) is 2.65. The van der Waals surface area contributed by atoms with Crippen molar-refractivity contribution in [3.63, 3.8) is 0 Å². The van der Waals surface area contributed by atoms with E-state index in [4.69, 9.17) is 9.84 Å². The molecule has 2 rings (SSSR count). The van der Waals surface area contributed by atoms with E-state index in [0.29, 0.717) is 5.92 Å². The van der Waals surface area contributed by atoms with E-state index in [-0.39, 0.29) is 12.3 Å². The first-order valence-corrected chi connectivity index (χ1v) is 6.40. The number of hydrogen-bond acceptors (Lipinski definition) is 2. The second-order valence-corrected chi connectivity index (χ2v) is 5.22. The van der Waals surface area contributed by atoms with Crippen molar-refractivity contribution in [2.75, 3.05) is 7.11 Å². The van der Waals surface area contributed by atoms with E-state index in [0.717, 1.165) is 29.7 Å². The standard InChI is InChI=1S/C15H20O3/c1-9-7-14(18-3)10(2)6-12(9)13(8-15(16)17)11-4-5-11/h6-7,11,13H,4-5,8H2,1-3H3,(H,16,17). The van der Waals surface area contributed by atoms with Gasteiger partial charge in [0.15, 0.2) is 0 Å². The summed E-state index contributed by atoms with van der Waals surface area (Å²) >= 11 is 0. The highest BCUT2D eigenvalue weighted by molar-refractivity contribution is 5.68. The summed E-state index contributed by atoms with van der Waals surface area (Å²) in [6, 6.07) is 4.11. The molecule has 1 unspecified atom stereocenters. The fourth-order valence-corrected chi connectivity index (χ4v) is 2.65. The molecule has 18 heavy (non-hydrogen) atoms. The number of methoxy groups -OCH3 is 1. The Kier molecular flexibility index (Phi) is 3.60. The SMILES string of the molecule is COc1cc(C)c(C(CC(=O)O)C2CC2)cc1C. The summed E-state index contributed by atoms with van der Waals surface area (Å²) in [5, 5.41) is 9.06. The molecule has 1 atom stereocenters. The largest absolute Gasteiger partial charge is 0.496 e. The van der Waals surface area contributed by atoms with Gasteiger partial charge in [-0.2, -0.15) is 0 Å². The van der Waals surface area contributed by atoms with Crippen LogP contribution in [0.25, 0.3) is 0 Å². The van der Waals surface area contributed by atoms with E-state index in [2.05, 4.69) is 6.07 Å². The Hall–Kier alpha value is -1.51. The number of carboxylic acids is 1. The van der Waals surface area contributed by atoms with Crippen LogP contribution in [0, 0.1) is 19.8 Å². The van der Waals surface area contributed by atoms with Gasteiger partial charge < -0.3 is 9.84 Å². The lowest BCUT2D eigenvalue weighted by Crippen LogP contribution is -2.10. The highest BCUT2D eigenvalue weighted by atomic mass is 16.5. The van der Waals surface area contributed by atoms with Gasteiger partial charge in [-0.3, -0.25) is 4.79 Å². The molecule has 98 valence electrons. The molecule has 1 aromatic carbocycles. The Morgan fingerprint density at radius 2 is 2.06 bits per heavy atom. The maximum Gasteiger partial charge on any atom is 0.303 e. The van der Waals surface area contributed by atoms with Crippen molar-refractivity contribution in [3.8, 4) is 5.75 Å². The summed E-state index contributed by atoms with van der Waals surface area (Å²) in [7, 11) is 1.66. The van der Waals surface area contributed by atoms with Crippen LogP contribution in [0.2, 0.25) is 0 Å². The van der Waals surface area contributed by atoms with Gasteiger partial charge in [0.25, 0.3) is 0 Å². The molecule has 0 spiro atoms. The zero-order chi connectivity index (χ0) is 13.3. The Morgan fingerprint density at radius 1 is 1.39 bits per heavy atom. The number of carboxylic acid groups (broad SMARTS) is 1. The summed E-state index contributed by atoms with van der Waals surface area (Å²) in [5.41, 5.74) is 3.39. The zero-order valence-corrected chi connectivity index (χ0v) is 11.2. The third-order valence-electron chi connectivity index (χ3n) is 3.77. The third kappa shape index (κ3) is 2.66. The van der Waals surface area contributed by atoms with E-state index in [1.54, 1.807) is 7.11 Å². The van der Waals surface area contributed by atoms with Crippen molar-refractivity contribution in [2.24, 2.45) is 5.92 Å². The smallest absolute Gasteiger partial charge is 0.303 e. The molecule has 0 heterocycles. The lowest BCUT2D eigenvalue weighted by molar-refractivity contribution is -0.137. The minimum Gasteiger partial charge on any atom is -0.496 e. The van der Waals surface area contributed by atoms with Crippen LogP contribution < -0.4 is 4.74 Å². The van der Waals surface area contributed by atoms with Gasteiger partial charge in [0, 0.05) is 0 Å². The van der Waals surface area contributed by atoms with Crippen molar-refractivity contribution in [3.05, 3.63) is 28.8 Å². The monoisotopic (exact) mass is 248 g/mol. The number of aliphatic carboxylic acids is 1. The fraction of sp³-hybridized carbons (Fsp3) is 0.533. The molecule has 0 bridgehead atoms. The highest BCUT2D eigenvalue weighted by Crippen LogP contribution is 2.46. The molecule has 3 nitrogen and oxygen atoms in total. The molecule has 1 fully saturated rings. The van der Waals surface area contributed by atoms with Crippen molar-refractivity contribution in [1.29, 1.82) is 0 Å². The summed E-state index contributed by atoms with van der Waals surface area (Å²) < 4.78 is 5.30.